The summed E-state index contributed by atoms with van der Waals surface area (Å²) in [6.07, 6.45) is 7.96. The maximum atomic E-state index is 13.6. The number of hydrogen-bond donors (Lipinski definition) is 0. The summed E-state index contributed by atoms with van der Waals surface area (Å²) in [5, 5.41) is 0. The van der Waals surface area contributed by atoms with Gasteiger partial charge in [0, 0.05) is 11.8 Å². The first-order valence-electron chi connectivity index (χ1n) is 10.7. The summed E-state index contributed by atoms with van der Waals surface area (Å²) in [5.41, 5.74) is 6.30. The van der Waals surface area contributed by atoms with Crippen LogP contribution in [0, 0.1) is 17.6 Å². The van der Waals surface area contributed by atoms with Crippen molar-refractivity contribution in [1.29, 1.82) is 0 Å². The molecular formula is C28H24F2. The van der Waals surface area contributed by atoms with Crippen molar-refractivity contribution < 1.29 is 8.78 Å². The third-order valence-electron chi connectivity index (χ3n) is 6.56. The van der Waals surface area contributed by atoms with Gasteiger partial charge in [-0.25, -0.2) is 8.78 Å². The molecule has 0 heterocycles. The van der Waals surface area contributed by atoms with Crippen molar-refractivity contribution in [2.75, 3.05) is 0 Å². The van der Waals surface area contributed by atoms with Gasteiger partial charge in [-0.1, -0.05) is 66.7 Å². The SMILES string of the molecule is Fc1ccc(/C=C2\CCC[C@@H]3C2=C[C@H](c2ccccc2)[C@H]3c2ccc(F)cc2)cc1. The lowest BCUT2D eigenvalue weighted by Gasteiger charge is -2.31. The summed E-state index contributed by atoms with van der Waals surface area (Å²) in [4.78, 5) is 0. The van der Waals surface area contributed by atoms with Crippen molar-refractivity contribution >= 4 is 6.08 Å². The maximum absolute atomic E-state index is 13.6. The van der Waals surface area contributed by atoms with Gasteiger partial charge in [-0.3, -0.25) is 0 Å². The number of hydrogen-bond acceptors (Lipinski definition) is 0. The van der Waals surface area contributed by atoms with Crippen molar-refractivity contribution in [2.24, 2.45) is 5.92 Å². The van der Waals surface area contributed by atoms with E-state index in [0.29, 0.717) is 11.8 Å². The topological polar surface area (TPSA) is 0 Å². The van der Waals surface area contributed by atoms with Gasteiger partial charge in [0.25, 0.3) is 0 Å². The van der Waals surface area contributed by atoms with Gasteiger partial charge in [0.1, 0.15) is 11.6 Å². The van der Waals surface area contributed by atoms with Crippen molar-refractivity contribution in [3.8, 4) is 0 Å². The quantitative estimate of drug-likeness (QED) is 0.425. The summed E-state index contributed by atoms with van der Waals surface area (Å²) in [6, 6.07) is 24.4. The zero-order chi connectivity index (χ0) is 20.5. The Labute approximate surface area is 176 Å². The first-order chi connectivity index (χ1) is 14.7. The van der Waals surface area contributed by atoms with Crippen LogP contribution in [-0.2, 0) is 0 Å². The van der Waals surface area contributed by atoms with E-state index >= 15 is 0 Å². The molecular weight excluding hydrogens is 374 g/mol. The van der Waals surface area contributed by atoms with E-state index in [1.807, 2.05) is 30.3 Å². The van der Waals surface area contributed by atoms with E-state index in [-0.39, 0.29) is 17.6 Å². The van der Waals surface area contributed by atoms with E-state index in [9.17, 15) is 8.78 Å². The normalized spacial score (nSPS) is 24.5. The largest absolute Gasteiger partial charge is 0.207 e. The van der Waals surface area contributed by atoms with Gasteiger partial charge in [0.2, 0.25) is 0 Å². The summed E-state index contributed by atoms with van der Waals surface area (Å²) in [5.74, 6) is 0.591. The molecule has 0 spiro atoms. The highest BCUT2D eigenvalue weighted by Gasteiger charge is 2.41. The summed E-state index contributed by atoms with van der Waals surface area (Å²) in [7, 11) is 0. The first-order valence-corrected chi connectivity index (χ1v) is 10.7. The predicted octanol–water partition coefficient (Wildman–Crippen LogP) is 7.66. The van der Waals surface area contributed by atoms with Crippen molar-refractivity contribution in [3.05, 3.63) is 124 Å². The molecule has 3 atom stereocenters. The Bertz CT molecular complexity index is 1080. The molecule has 150 valence electrons. The number of halogens is 2. The molecule has 0 nitrogen and oxygen atoms in total. The minimum atomic E-state index is -0.209. The molecule has 0 unspecified atom stereocenters. The lowest BCUT2D eigenvalue weighted by Crippen LogP contribution is -2.18. The third-order valence-corrected chi connectivity index (χ3v) is 6.56. The number of benzene rings is 3. The van der Waals surface area contributed by atoms with Crippen LogP contribution in [0.2, 0.25) is 0 Å². The van der Waals surface area contributed by atoms with Crippen LogP contribution in [0.5, 0.6) is 0 Å². The van der Waals surface area contributed by atoms with E-state index in [4.69, 9.17) is 0 Å². The summed E-state index contributed by atoms with van der Waals surface area (Å²) in [6.45, 7) is 0. The average molecular weight is 398 g/mol. The van der Waals surface area contributed by atoms with Gasteiger partial charge in [-0.15, -0.1) is 0 Å². The third kappa shape index (κ3) is 3.63. The fraction of sp³-hybridized carbons (Fsp3) is 0.214. The highest BCUT2D eigenvalue weighted by molar-refractivity contribution is 5.62. The minimum Gasteiger partial charge on any atom is -0.207 e. The molecule has 0 amide bonds. The van der Waals surface area contributed by atoms with E-state index in [0.717, 1.165) is 24.8 Å². The molecule has 2 aliphatic carbocycles. The van der Waals surface area contributed by atoms with Gasteiger partial charge in [0.15, 0.2) is 0 Å². The van der Waals surface area contributed by atoms with Crippen molar-refractivity contribution in [1.82, 2.24) is 0 Å². The van der Waals surface area contributed by atoms with E-state index in [1.54, 1.807) is 12.1 Å². The predicted molar refractivity (Wildman–Crippen MR) is 118 cm³/mol. The molecule has 2 heteroatoms. The van der Waals surface area contributed by atoms with Crippen LogP contribution in [-0.4, -0.2) is 0 Å². The second kappa shape index (κ2) is 8.02. The monoisotopic (exact) mass is 398 g/mol. The zero-order valence-corrected chi connectivity index (χ0v) is 16.8. The smallest absolute Gasteiger partial charge is 0.123 e. The zero-order valence-electron chi connectivity index (χ0n) is 16.8. The Morgan fingerprint density at radius 3 is 2.10 bits per heavy atom. The number of fused-ring (bicyclic) bond motifs is 1. The second-order valence-corrected chi connectivity index (χ2v) is 8.36. The molecule has 1 fully saturated rings. The molecule has 3 aromatic rings. The summed E-state index contributed by atoms with van der Waals surface area (Å²) < 4.78 is 26.9. The van der Waals surface area contributed by atoms with E-state index in [2.05, 4.69) is 36.4 Å². The number of rotatable bonds is 3. The van der Waals surface area contributed by atoms with Crippen molar-refractivity contribution in [2.45, 2.75) is 31.1 Å². The van der Waals surface area contributed by atoms with Crippen LogP contribution in [0.1, 0.15) is 47.8 Å². The van der Waals surface area contributed by atoms with Gasteiger partial charge in [-0.2, -0.15) is 0 Å². The maximum Gasteiger partial charge on any atom is 0.123 e. The summed E-state index contributed by atoms with van der Waals surface area (Å²) >= 11 is 0. The van der Waals surface area contributed by atoms with Crippen LogP contribution in [0.25, 0.3) is 6.08 Å². The Balaban J connectivity index is 1.58. The van der Waals surface area contributed by atoms with E-state index in [1.165, 1.54) is 34.4 Å². The number of allylic oxidation sites excluding steroid dienone is 3. The molecule has 30 heavy (non-hydrogen) atoms. The Morgan fingerprint density at radius 1 is 0.733 bits per heavy atom. The van der Waals surface area contributed by atoms with E-state index < -0.39 is 0 Å². The van der Waals surface area contributed by atoms with Gasteiger partial charge in [-0.05, 0) is 77.3 Å². The molecule has 0 N–H and O–H groups in total. The Morgan fingerprint density at radius 2 is 1.40 bits per heavy atom. The second-order valence-electron chi connectivity index (χ2n) is 8.36. The lowest BCUT2D eigenvalue weighted by atomic mass is 9.72. The average Bonchev–Trinajstić information content (AvgIpc) is 3.17. The van der Waals surface area contributed by atoms with Crippen LogP contribution in [0.4, 0.5) is 8.78 Å². The first kappa shape index (κ1) is 19.0. The van der Waals surface area contributed by atoms with Gasteiger partial charge >= 0.3 is 0 Å². The fourth-order valence-corrected chi connectivity index (χ4v) is 5.22. The molecule has 0 bridgehead atoms. The minimum absolute atomic E-state index is 0.193. The standard InChI is InChI=1S/C28H24F2/c29-23-13-9-19(10-14-23)17-22-7-4-8-25-26(22)18-27(20-5-2-1-3-6-20)28(25)21-11-15-24(30)16-12-21/h1-3,5-6,9-18,25,27-28H,4,7-8H2/b22-17+/t25-,27-,28+/m1/s1. The molecule has 0 radical (unpaired) electrons. The van der Waals surface area contributed by atoms with Crippen LogP contribution < -0.4 is 0 Å². The molecule has 0 aromatic heterocycles. The molecule has 1 saturated carbocycles. The molecule has 2 aliphatic rings. The highest BCUT2D eigenvalue weighted by Crippen LogP contribution is 2.55. The fourth-order valence-electron chi connectivity index (χ4n) is 5.22. The molecule has 0 aliphatic heterocycles. The lowest BCUT2D eigenvalue weighted by molar-refractivity contribution is 0.427. The van der Waals surface area contributed by atoms with Crippen molar-refractivity contribution in [3.63, 3.8) is 0 Å². The highest BCUT2D eigenvalue weighted by atomic mass is 19.1. The van der Waals surface area contributed by atoms with Crippen LogP contribution in [0.3, 0.4) is 0 Å². The molecule has 0 saturated heterocycles. The van der Waals surface area contributed by atoms with Gasteiger partial charge < -0.3 is 0 Å². The Kier molecular flexibility index (Phi) is 5.08. The van der Waals surface area contributed by atoms with Crippen LogP contribution >= 0.6 is 0 Å². The molecule has 3 aromatic carbocycles. The van der Waals surface area contributed by atoms with Gasteiger partial charge in [0.05, 0.1) is 0 Å². The van der Waals surface area contributed by atoms with Crippen LogP contribution in [0.15, 0.2) is 96.1 Å². The Hall–Kier alpha value is -3.00. The molecule has 5 rings (SSSR count).